The molecule has 5 heteroatoms. The van der Waals surface area contributed by atoms with Crippen LogP contribution in [0.25, 0.3) is 0 Å². The van der Waals surface area contributed by atoms with Crippen LogP contribution in [0.2, 0.25) is 0 Å². The molecule has 24 heavy (non-hydrogen) atoms. The average Bonchev–Trinajstić information content (AvgIpc) is 2.91. The molecule has 2 heterocycles. The highest BCUT2D eigenvalue weighted by molar-refractivity contribution is 5.94. The molecular weight excluding hydrogens is 306 g/mol. The molecule has 4 rings (SSSR count). The predicted molar refractivity (Wildman–Crippen MR) is 86.7 cm³/mol. The quantitative estimate of drug-likeness (QED) is 0.882. The van der Waals surface area contributed by atoms with Gasteiger partial charge in [-0.2, -0.15) is 0 Å². The van der Waals surface area contributed by atoms with Gasteiger partial charge >= 0.3 is 5.97 Å². The number of cyclic esters (lactones) is 1. The van der Waals surface area contributed by atoms with E-state index in [2.05, 4.69) is 5.32 Å². The zero-order chi connectivity index (χ0) is 16.5. The van der Waals surface area contributed by atoms with Crippen LogP contribution in [0.5, 0.6) is 5.75 Å². The van der Waals surface area contributed by atoms with Crippen molar-refractivity contribution in [3.05, 3.63) is 65.2 Å². The first-order valence-corrected chi connectivity index (χ1v) is 8.03. The lowest BCUT2D eigenvalue weighted by Crippen LogP contribution is -2.32. The molecule has 2 atom stereocenters. The number of hydrogen-bond donors (Lipinski definition) is 1. The minimum absolute atomic E-state index is 0.0743. The van der Waals surface area contributed by atoms with Crippen molar-refractivity contribution < 1.29 is 19.1 Å². The van der Waals surface area contributed by atoms with Gasteiger partial charge in [-0.05, 0) is 12.1 Å². The molecule has 0 saturated carbocycles. The third-order valence-corrected chi connectivity index (χ3v) is 4.44. The van der Waals surface area contributed by atoms with Crippen molar-refractivity contribution in [3.8, 4) is 5.75 Å². The fourth-order valence-electron chi connectivity index (χ4n) is 3.29. The minimum Gasteiger partial charge on any atom is -0.493 e. The van der Waals surface area contributed by atoms with Gasteiger partial charge in [-0.1, -0.05) is 36.4 Å². The standard InChI is InChI=1S/C19H17NO4/c21-18(11-17-12-5-1-2-6-13(12)19(22)24-17)20-15-9-10-23-16-8-4-3-7-14(15)16/h1-8,15,17H,9-11H2,(H,20,21)/t15-,17-/m1/s1. The van der Waals surface area contributed by atoms with E-state index in [9.17, 15) is 9.59 Å². The normalized spacial score (nSPS) is 21.2. The van der Waals surface area contributed by atoms with Gasteiger partial charge in [0.15, 0.2) is 0 Å². The molecule has 122 valence electrons. The molecule has 1 N–H and O–H groups in total. The van der Waals surface area contributed by atoms with E-state index in [1.54, 1.807) is 12.1 Å². The van der Waals surface area contributed by atoms with Crippen molar-refractivity contribution in [3.63, 3.8) is 0 Å². The van der Waals surface area contributed by atoms with Gasteiger partial charge in [0.05, 0.1) is 24.6 Å². The Morgan fingerprint density at radius 1 is 1.08 bits per heavy atom. The lowest BCUT2D eigenvalue weighted by molar-refractivity contribution is -0.124. The van der Waals surface area contributed by atoms with E-state index in [0.29, 0.717) is 12.2 Å². The second-order valence-corrected chi connectivity index (χ2v) is 5.98. The van der Waals surface area contributed by atoms with Gasteiger partial charge in [0.25, 0.3) is 0 Å². The summed E-state index contributed by atoms with van der Waals surface area (Å²) < 4.78 is 10.9. The van der Waals surface area contributed by atoms with Gasteiger partial charge in [0.2, 0.25) is 5.91 Å². The van der Waals surface area contributed by atoms with E-state index < -0.39 is 6.10 Å². The number of carbonyl (C=O) groups is 2. The fraction of sp³-hybridized carbons (Fsp3) is 0.263. The predicted octanol–water partition coefficient (Wildman–Crippen LogP) is 2.93. The Balaban J connectivity index is 1.46. The van der Waals surface area contributed by atoms with Gasteiger partial charge in [-0.3, -0.25) is 4.79 Å². The van der Waals surface area contributed by atoms with Crippen molar-refractivity contribution >= 4 is 11.9 Å². The zero-order valence-corrected chi connectivity index (χ0v) is 13.0. The lowest BCUT2D eigenvalue weighted by Gasteiger charge is -2.27. The Bertz CT molecular complexity index is 801. The van der Waals surface area contributed by atoms with Crippen LogP contribution >= 0.6 is 0 Å². The Kier molecular flexibility index (Phi) is 3.69. The molecule has 2 aromatic carbocycles. The topological polar surface area (TPSA) is 64.6 Å². The van der Waals surface area contributed by atoms with E-state index in [1.165, 1.54) is 0 Å². The van der Waals surface area contributed by atoms with Crippen molar-refractivity contribution in [2.45, 2.75) is 25.0 Å². The van der Waals surface area contributed by atoms with Gasteiger partial charge in [-0.15, -0.1) is 0 Å². The zero-order valence-electron chi connectivity index (χ0n) is 13.0. The molecule has 0 aliphatic carbocycles. The summed E-state index contributed by atoms with van der Waals surface area (Å²) in [5, 5.41) is 3.04. The number of esters is 1. The van der Waals surface area contributed by atoms with Crippen molar-refractivity contribution in [1.82, 2.24) is 5.32 Å². The molecule has 0 saturated heterocycles. The van der Waals surface area contributed by atoms with Crippen LogP contribution in [-0.4, -0.2) is 18.5 Å². The molecular formula is C19H17NO4. The molecule has 0 fully saturated rings. The van der Waals surface area contributed by atoms with Gasteiger partial charge in [-0.25, -0.2) is 4.79 Å². The van der Waals surface area contributed by atoms with Crippen LogP contribution in [0, 0.1) is 0 Å². The first-order chi connectivity index (χ1) is 11.7. The van der Waals surface area contributed by atoms with Crippen LogP contribution in [0.4, 0.5) is 0 Å². The third kappa shape index (κ3) is 2.62. The van der Waals surface area contributed by atoms with Crippen LogP contribution < -0.4 is 10.1 Å². The highest BCUT2D eigenvalue weighted by atomic mass is 16.5. The SMILES string of the molecule is O=C(C[C@H]1OC(=O)c2ccccc21)N[C@@H]1CCOc2ccccc21. The monoisotopic (exact) mass is 323 g/mol. The molecule has 0 bridgehead atoms. The average molecular weight is 323 g/mol. The van der Waals surface area contributed by atoms with Crippen LogP contribution in [0.15, 0.2) is 48.5 Å². The van der Waals surface area contributed by atoms with Crippen LogP contribution in [-0.2, 0) is 9.53 Å². The number of hydrogen-bond acceptors (Lipinski definition) is 4. The maximum atomic E-state index is 12.5. The molecule has 0 aromatic heterocycles. The number of benzene rings is 2. The smallest absolute Gasteiger partial charge is 0.339 e. The Morgan fingerprint density at radius 3 is 2.71 bits per heavy atom. The minimum atomic E-state index is -0.510. The summed E-state index contributed by atoms with van der Waals surface area (Å²) in [7, 11) is 0. The Morgan fingerprint density at radius 2 is 1.83 bits per heavy atom. The van der Waals surface area contributed by atoms with E-state index in [4.69, 9.17) is 9.47 Å². The summed E-state index contributed by atoms with van der Waals surface area (Å²) in [6.07, 6.45) is 0.343. The summed E-state index contributed by atoms with van der Waals surface area (Å²) in [5.41, 5.74) is 2.32. The maximum Gasteiger partial charge on any atom is 0.339 e. The van der Waals surface area contributed by atoms with E-state index in [-0.39, 0.29) is 24.3 Å². The summed E-state index contributed by atoms with van der Waals surface area (Å²) in [6, 6.07) is 14.8. The number of fused-ring (bicyclic) bond motifs is 2. The third-order valence-electron chi connectivity index (χ3n) is 4.44. The summed E-state index contributed by atoms with van der Waals surface area (Å²) in [4.78, 5) is 24.3. The number of nitrogens with one attached hydrogen (secondary N) is 1. The second-order valence-electron chi connectivity index (χ2n) is 5.98. The Hall–Kier alpha value is -2.82. The first-order valence-electron chi connectivity index (χ1n) is 8.03. The number of para-hydroxylation sites is 1. The van der Waals surface area contributed by atoms with E-state index in [0.717, 1.165) is 23.3 Å². The van der Waals surface area contributed by atoms with Crippen molar-refractivity contribution in [1.29, 1.82) is 0 Å². The van der Waals surface area contributed by atoms with Gasteiger partial charge in [0.1, 0.15) is 11.9 Å². The highest BCUT2D eigenvalue weighted by Crippen LogP contribution is 2.34. The fourth-order valence-corrected chi connectivity index (χ4v) is 3.29. The second kappa shape index (κ2) is 6.00. The molecule has 1 amide bonds. The molecule has 2 aliphatic heterocycles. The van der Waals surface area contributed by atoms with Crippen molar-refractivity contribution in [2.75, 3.05) is 6.61 Å². The summed E-state index contributed by atoms with van der Waals surface area (Å²) >= 11 is 0. The van der Waals surface area contributed by atoms with Crippen LogP contribution in [0.1, 0.15) is 46.5 Å². The molecule has 5 nitrogen and oxygen atoms in total. The molecule has 0 unspecified atom stereocenters. The summed E-state index contributed by atoms with van der Waals surface area (Å²) in [5.74, 6) is 0.317. The number of rotatable bonds is 3. The molecule has 2 aliphatic rings. The highest BCUT2D eigenvalue weighted by Gasteiger charge is 2.33. The Labute approximate surface area is 139 Å². The lowest BCUT2D eigenvalue weighted by atomic mass is 9.99. The van der Waals surface area contributed by atoms with E-state index in [1.807, 2.05) is 36.4 Å². The molecule has 0 radical (unpaired) electrons. The maximum absolute atomic E-state index is 12.5. The van der Waals surface area contributed by atoms with E-state index >= 15 is 0 Å². The number of amides is 1. The summed E-state index contributed by atoms with van der Waals surface area (Å²) in [6.45, 7) is 0.573. The molecule has 2 aromatic rings. The van der Waals surface area contributed by atoms with Crippen LogP contribution in [0.3, 0.4) is 0 Å². The van der Waals surface area contributed by atoms with Gasteiger partial charge in [0, 0.05) is 17.5 Å². The molecule has 0 spiro atoms. The number of carbonyl (C=O) groups excluding carboxylic acids is 2. The number of ether oxygens (including phenoxy) is 2. The largest absolute Gasteiger partial charge is 0.493 e. The first kappa shape index (κ1) is 14.8. The van der Waals surface area contributed by atoms with Crippen molar-refractivity contribution in [2.24, 2.45) is 0 Å². The van der Waals surface area contributed by atoms with Gasteiger partial charge < -0.3 is 14.8 Å².